The Balaban J connectivity index is 1.98. The van der Waals surface area contributed by atoms with E-state index >= 15 is 0 Å². The number of aromatic nitrogens is 2. The zero-order valence-corrected chi connectivity index (χ0v) is 17.0. The molecule has 0 spiro atoms. The van der Waals surface area contributed by atoms with Crippen LogP contribution in [-0.4, -0.2) is 34.0 Å². The lowest BCUT2D eigenvalue weighted by Crippen LogP contribution is -2.15. The van der Waals surface area contributed by atoms with Gasteiger partial charge in [0.05, 0.1) is 5.69 Å². The summed E-state index contributed by atoms with van der Waals surface area (Å²) in [6.45, 7) is 5.69. The van der Waals surface area contributed by atoms with Crippen molar-refractivity contribution in [1.82, 2.24) is 9.78 Å². The van der Waals surface area contributed by atoms with Crippen molar-refractivity contribution in [2.45, 2.75) is 46.6 Å². The molecule has 0 saturated carbocycles. The Bertz CT molecular complexity index is 859. The van der Waals surface area contributed by atoms with Crippen molar-refractivity contribution in [3.05, 3.63) is 46.2 Å². The van der Waals surface area contributed by atoms with Gasteiger partial charge in [-0.05, 0) is 37.6 Å². The second-order valence-corrected chi connectivity index (χ2v) is 6.66. The summed E-state index contributed by atoms with van der Waals surface area (Å²) in [4.78, 5) is 36.0. The molecule has 0 radical (unpaired) electrons. The van der Waals surface area contributed by atoms with Gasteiger partial charge in [0.15, 0.2) is 12.4 Å². The molecule has 1 aromatic carbocycles. The Morgan fingerprint density at radius 3 is 2.46 bits per heavy atom. The Morgan fingerprint density at radius 2 is 1.86 bits per heavy atom. The molecular formula is C20H24ClN3O4. The second kappa shape index (κ2) is 10.0. The van der Waals surface area contributed by atoms with E-state index in [-0.39, 0.29) is 22.4 Å². The van der Waals surface area contributed by atoms with Crippen LogP contribution in [-0.2, 0) is 16.1 Å². The summed E-state index contributed by atoms with van der Waals surface area (Å²) in [5, 5.41) is 7.18. The molecule has 0 atom stereocenters. The van der Waals surface area contributed by atoms with Crippen molar-refractivity contribution in [2.24, 2.45) is 0 Å². The first-order valence-electron chi connectivity index (χ1n) is 9.20. The average Bonchev–Trinajstić information content (AvgIpc) is 2.97. The van der Waals surface area contributed by atoms with Crippen LogP contribution in [0.25, 0.3) is 0 Å². The zero-order valence-electron chi connectivity index (χ0n) is 16.3. The van der Waals surface area contributed by atoms with E-state index in [9.17, 15) is 14.4 Å². The van der Waals surface area contributed by atoms with Gasteiger partial charge in [-0.2, -0.15) is 5.10 Å². The number of carbonyl (C=O) groups excluding carboxylic acids is 3. The number of anilines is 1. The van der Waals surface area contributed by atoms with Crippen LogP contribution in [0.4, 0.5) is 5.69 Å². The average molecular weight is 406 g/mol. The fourth-order valence-corrected chi connectivity index (χ4v) is 2.85. The van der Waals surface area contributed by atoms with E-state index in [1.54, 1.807) is 42.8 Å². The molecule has 1 aromatic heterocycles. The highest BCUT2D eigenvalue weighted by atomic mass is 35.5. The highest BCUT2D eigenvalue weighted by Crippen LogP contribution is 2.21. The van der Waals surface area contributed by atoms with Gasteiger partial charge in [0.1, 0.15) is 10.7 Å². The van der Waals surface area contributed by atoms with Crippen LogP contribution in [0.2, 0.25) is 5.15 Å². The van der Waals surface area contributed by atoms with Crippen molar-refractivity contribution >= 4 is 34.9 Å². The summed E-state index contributed by atoms with van der Waals surface area (Å²) >= 11 is 6.24. The molecule has 0 aliphatic rings. The monoisotopic (exact) mass is 405 g/mol. The van der Waals surface area contributed by atoms with Crippen molar-refractivity contribution in [3.8, 4) is 0 Å². The first-order valence-corrected chi connectivity index (χ1v) is 9.58. The lowest BCUT2D eigenvalue weighted by molar-refractivity contribution is -0.115. The molecule has 2 aromatic rings. The number of hydrogen-bond donors (Lipinski definition) is 1. The molecule has 28 heavy (non-hydrogen) atoms. The van der Waals surface area contributed by atoms with Gasteiger partial charge in [-0.1, -0.05) is 31.9 Å². The van der Waals surface area contributed by atoms with Crippen LogP contribution in [0, 0.1) is 6.92 Å². The summed E-state index contributed by atoms with van der Waals surface area (Å²) in [5.41, 5.74) is 1.63. The highest BCUT2D eigenvalue weighted by molar-refractivity contribution is 6.32. The molecule has 0 aliphatic carbocycles. The molecule has 0 bridgehead atoms. The number of carbonyl (C=O) groups is 3. The van der Waals surface area contributed by atoms with Crippen LogP contribution in [0.3, 0.4) is 0 Å². The van der Waals surface area contributed by atoms with Crippen LogP contribution in [0.1, 0.15) is 59.5 Å². The number of ketones is 1. The van der Waals surface area contributed by atoms with Crippen molar-refractivity contribution in [3.63, 3.8) is 0 Å². The van der Waals surface area contributed by atoms with Gasteiger partial charge >= 0.3 is 5.97 Å². The fraction of sp³-hybridized carbons (Fsp3) is 0.400. The fourth-order valence-electron chi connectivity index (χ4n) is 2.52. The van der Waals surface area contributed by atoms with Gasteiger partial charge in [-0.3, -0.25) is 14.3 Å². The first kappa shape index (κ1) is 21.6. The number of esters is 1. The van der Waals surface area contributed by atoms with E-state index in [2.05, 4.69) is 17.3 Å². The van der Waals surface area contributed by atoms with Crippen LogP contribution >= 0.6 is 11.6 Å². The zero-order chi connectivity index (χ0) is 20.7. The smallest absolute Gasteiger partial charge is 0.343 e. The number of ether oxygens (including phenoxy) is 1. The number of Topliss-reactive ketones (excluding diaryl/α,β-unsaturated/α-hetero) is 1. The number of aryl methyl sites for hydroxylation is 2. The summed E-state index contributed by atoms with van der Waals surface area (Å²) in [6, 6.07) is 6.40. The molecule has 1 heterocycles. The molecule has 1 N–H and O–H groups in total. The molecular weight excluding hydrogens is 382 g/mol. The van der Waals surface area contributed by atoms with Gasteiger partial charge in [0.25, 0.3) is 0 Å². The summed E-state index contributed by atoms with van der Waals surface area (Å²) in [6.07, 6.45) is 2.24. The van der Waals surface area contributed by atoms with E-state index in [4.69, 9.17) is 16.3 Å². The number of nitrogens with zero attached hydrogens (tertiary/aromatic N) is 2. The van der Waals surface area contributed by atoms with Crippen LogP contribution in [0.5, 0.6) is 0 Å². The summed E-state index contributed by atoms with van der Waals surface area (Å²) in [5.74, 6) is -1.14. The topological polar surface area (TPSA) is 90.3 Å². The Hall–Kier alpha value is -2.67. The Kier molecular flexibility index (Phi) is 7.75. The predicted molar refractivity (Wildman–Crippen MR) is 107 cm³/mol. The normalized spacial score (nSPS) is 10.6. The number of halogens is 1. The summed E-state index contributed by atoms with van der Waals surface area (Å²) in [7, 11) is 0. The van der Waals surface area contributed by atoms with Gasteiger partial charge in [0, 0.05) is 24.2 Å². The van der Waals surface area contributed by atoms with E-state index in [0.29, 0.717) is 29.9 Å². The Labute approximate surface area is 169 Å². The third-order valence-corrected chi connectivity index (χ3v) is 4.52. The number of benzene rings is 1. The molecule has 7 nitrogen and oxygen atoms in total. The maximum absolute atomic E-state index is 12.4. The SMILES string of the molecule is CCCCn1nc(C)c(C(=O)OCC(=O)c2ccc(NC(=O)CC)cc2)c1Cl. The van der Waals surface area contributed by atoms with Crippen molar-refractivity contribution in [1.29, 1.82) is 0 Å². The largest absolute Gasteiger partial charge is 0.454 e. The molecule has 150 valence electrons. The van der Waals surface area contributed by atoms with Crippen molar-refractivity contribution < 1.29 is 19.1 Å². The number of unbranched alkanes of at least 4 members (excludes halogenated alkanes) is 1. The molecule has 1 amide bonds. The molecule has 0 fully saturated rings. The molecule has 0 saturated heterocycles. The molecule has 2 rings (SSSR count). The number of nitrogens with one attached hydrogen (secondary N) is 1. The predicted octanol–water partition coefficient (Wildman–Crippen LogP) is 4.03. The van der Waals surface area contributed by atoms with Crippen molar-refractivity contribution in [2.75, 3.05) is 11.9 Å². The van der Waals surface area contributed by atoms with Gasteiger partial charge < -0.3 is 10.1 Å². The van der Waals surface area contributed by atoms with Gasteiger partial charge in [0.2, 0.25) is 5.91 Å². The minimum atomic E-state index is -0.676. The van der Waals surface area contributed by atoms with Crippen LogP contribution < -0.4 is 5.32 Å². The minimum Gasteiger partial charge on any atom is -0.454 e. The third-order valence-electron chi connectivity index (χ3n) is 4.14. The van der Waals surface area contributed by atoms with E-state index in [1.807, 2.05) is 0 Å². The maximum Gasteiger partial charge on any atom is 0.343 e. The molecule has 8 heteroatoms. The lowest BCUT2D eigenvalue weighted by Gasteiger charge is -2.06. The number of hydrogen-bond acceptors (Lipinski definition) is 5. The number of rotatable bonds is 9. The van der Waals surface area contributed by atoms with E-state index in [1.165, 1.54) is 0 Å². The number of amides is 1. The second-order valence-electron chi connectivity index (χ2n) is 6.31. The minimum absolute atomic E-state index is 0.111. The maximum atomic E-state index is 12.4. The third kappa shape index (κ3) is 5.42. The van der Waals surface area contributed by atoms with Gasteiger partial charge in [-0.15, -0.1) is 0 Å². The quantitative estimate of drug-likeness (QED) is 0.502. The van der Waals surface area contributed by atoms with Gasteiger partial charge in [-0.25, -0.2) is 4.79 Å². The molecule has 0 unspecified atom stereocenters. The van der Waals surface area contributed by atoms with E-state index in [0.717, 1.165) is 12.8 Å². The lowest BCUT2D eigenvalue weighted by atomic mass is 10.1. The highest BCUT2D eigenvalue weighted by Gasteiger charge is 2.22. The summed E-state index contributed by atoms with van der Waals surface area (Å²) < 4.78 is 6.71. The standard InChI is InChI=1S/C20H24ClN3O4/c1-4-6-11-24-19(21)18(13(3)23-24)20(27)28-12-16(25)14-7-9-15(10-8-14)22-17(26)5-2/h7-10H,4-6,11-12H2,1-3H3,(H,22,26). The van der Waals surface area contributed by atoms with Crippen LogP contribution in [0.15, 0.2) is 24.3 Å². The Morgan fingerprint density at radius 1 is 1.18 bits per heavy atom. The van der Waals surface area contributed by atoms with E-state index < -0.39 is 12.6 Å². The molecule has 0 aliphatic heterocycles. The first-order chi connectivity index (χ1) is 13.4.